The molecule has 2 aromatic carbocycles. The van der Waals surface area contributed by atoms with E-state index < -0.39 is 0 Å². The normalized spacial score (nSPS) is 11.0. The lowest BCUT2D eigenvalue weighted by Gasteiger charge is -2.11. The van der Waals surface area contributed by atoms with Crippen LogP contribution < -0.4 is 5.32 Å². The molecule has 31 heavy (non-hydrogen) atoms. The first-order valence-corrected chi connectivity index (χ1v) is 10.2. The Morgan fingerprint density at radius 3 is 2.61 bits per heavy atom. The molecule has 5 rings (SSSR count). The number of anilines is 1. The molecule has 6 heteroatoms. The van der Waals surface area contributed by atoms with Crippen LogP contribution in [0.4, 0.5) is 5.82 Å². The third kappa shape index (κ3) is 4.00. The van der Waals surface area contributed by atoms with Crippen LogP contribution in [0.15, 0.2) is 83.5 Å². The fourth-order valence-corrected chi connectivity index (χ4v) is 3.54. The van der Waals surface area contributed by atoms with E-state index in [1.807, 2.05) is 60.8 Å². The average Bonchev–Trinajstić information content (AvgIpc) is 3.31. The predicted molar refractivity (Wildman–Crippen MR) is 122 cm³/mol. The van der Waals surface area contributed by atoms with E-state index in [1.165, 1.54) is 0 Å². The number of hydrogen-bond donors (Lipinski definition) is 1. The topological polar surface area (TPSA) is 76.7 Å². The van der Waals surface area contributed by atoms with Crippen LogP contribution in [0.2, 0.25) is 0 Å². The summed E-state index contributed by atoms with van der Waals surface area (Å²) in [6, 6.07) is 23.9. The fourth-order valence-electron chi connectivity index (χ4n) is 3.54. The van der Waals surface area contributed by atoms with Crippen molar-refractivity contribution in [1.29, 1.82) is 0 Å². The van der Waals surface area contributed by atoms with Crippen molar-refractivity contribution >= 4 is 16.7 Å². The van der Waals surface area contributed by atoms with E-state index in [-0.39, 0.29) is 0 Å². The van der Waals surface area contributed by atoms with Crippen molar-refractivity contribution in [2.24, 2.45) is 0 Å². The van der Waals surface area contributed by atoms with Crippen molar-refractivity contribution in [3.05, 3.63) is 90.3 Å². The van der Waals surface area contributed by atoms with E-state index >= 15 is 0 Å². The summed E-state index contributed by atoms with van der Waals surface area (Å²) in [6.07, 6.45) is 2.60. The largest absolute Gasteiger partial charge is 0.369 e. The minimum absolute atomic E-state index is 0.486. The van der Waals surface area contributed by atoms with E-state index in [0.717, 1.165) is 45.5 Å². The third-order valence-corrected chi connectivity index (χ3v) is 5.13. The van der Waals surface area contributed by atoms with Gasteiger partial charge in [0.1, 0.15) is 5.82 Å². The van der Waals surface area contributed by atoms with Gasteiger partial charge in [0.15, 0.2) is 0 Å². The summed E-state index contributed by atoms with van der Waals surface area (Å²) in [5.41, 5.74) is 4.80. The highest BCUT2D eigenvalue weighted by Gasteiger charge is 2.17. The van der Waals surface area contributed by atoms with Gasteiger partial charge in [-0.05, 0) is 42.8 Å². The minimum Gasteiger partial charge on any atom is -0.369 e. The van der Waals surface area contributed by atoms with Crippen LogP contribution in [0, 0.1) is 6.92 Å². The second-order valence-electron chi connectivity index (χ2n) is 7.32. The predicted octanol–water partition coefficient (Wildman–Crippen LogP) is 5.31. The minimum atomic E-state index is 0.486. The molecule has 0 aliphatic heterocycles. The molecule has 1 N–H and O–H groups in total. The molecule has 3 aromatic heterocycles. The van der Waals surface area contributed by atoms with Crippen molar-refractivity contribution in [1.82, 2.24) is 20.1 Å². The fraction of sp³-hybridized carbons (Fsp3) is 0.120. The molecule has 0 saturated heterocycles. The summed E-state index contributed by atoms with van der Waals surface area (Å²) in [5.74, 6) is 1.73. The van der Waals surface area contributed by atoms with Gasteiger partial charge in [0, 0.05) is 35.8 Å². The number of para-hydroxylation sites is 1. The maximum Gasteiger partial charge on any atom is 0.258 e. The summed E-state index contributed by atoms with van der Waals surface area (Å²) in [5, 5.41) is 8.73. The van der Waals surface area contributed by atoms with Crippen LogP contribution in [-0.2, 0) is 6.42 Å². The van der Waals surface area contributed by atoms with Crippen LogP contribution >= 0.6 is 0 Å². The lowest BCUT2D eigenvalue weighted by molar-refractivity contribution is 0.432. The van der Waals surface area contributed by atoms with E-state index in [0.29, 0.717) is 18.3 Å². The number of fused-ring (bicyclic) bond motifs is 1. The van der Waals surface area contributed by atoms with Crippen molar-refractivity contribution in [2.75, 3.05) is 11.9 Å². The van der Waals surface area contributed by atoms with Gasteiger partial charge in [-0.25, -0.2) is 4.98 Å². The van der Waals surface area contributed by atoms with Crippen molar-refractivity contribution < 1.29 is 4.52 Å². The SMILES string of the molecule is Cc1cccc2cc(-c3noc(-c4ccccc4)n3)c(NCCc3ccccn3)nc12. The third-order valence-electron chi connectivity index (χ3n) is 5.13. The Hall–Kier alpha value is -4.06. The highest BCUT2D eigenvalue weighted by atomic mass is 16.5. The number of nitrogens with zero attached hydrogens (tertiary/aromatic N) is 4. The molecule has 0 fully saturated rings. The van der Waals surface area contributed by atoms with Gasteiger partial charge in [-0.2, -0.15) is 4.98 Å². The van der Waals surface area contributed by atoms with E-state index in [1.54, 1.807) is 0 Å². The number of pyridine rings is 2. The molecule has 6 nitrogen and oxygen atoms in total. The zero-order chi connectivity index (χ0) is 21.0. The van der Waals surface area contributed by atoms with Gasteiger partial charge in [0.2, 0.25) is 5.82 Å². The number of nitrogens with one attached hydrogen (secondary N) is 1. The summed E-state index contributed by atoms with van der Waals surface area (Å²) < 4.78 is 5.54. The number of aryl methyl sites for hydroxylation is 1. The van der Waals surface area contributed by atoms with E-state index in [4.69, 9.17) is 9.51 Å². The summed E-state index contributed by atoms with van der Waals surface area (Å²) >= 11 is 0. The maximum atomic E-state index is 5.54. The lowest BCUT2D eigenvalue weighted by atomic mass is 10.1. The first kappa shape index (κ1) is 18.9. The molecule has 0 bridgehead atoms. The quantitative estimate of drug-likeness (QED) is 0.411. The Morgan fingerprint density at radius 2 is 1.77 bits per heavy atom. The Morgan fingerprint density at radius 1 is 0.903 bits per heavy atom. The van der Waals surface area contributed by atoms with Gasteiger partial charge in [-0.1, -0.05) is 47.6 Å². The van der Waals surface area contributed by atoms with Gasteiger partial charge < -0.3 is 9.84 Å². The Kier molecular flexibility index (Phi) is 5.10. The Balaban J connectivity index is 1.51. The maximum absolute atomic E-state index is 5.54. The zero-order valence-corrected chi connectivity index (χ0v) is 17.1. The Labute approximate surface area is 180 Å². The van der Waals surface area contributed by atoms with Crippen LogP contribution in [0.3, 0.4) is 0 Å². The summed E-state index contributed by atoms with van der Waals surface area (Å²) in [7, 11) is 0. The highest BCUT2D eigenvalue weighted by Crippen LogP contribution is 2.31. The van der Waals surface area contributed by atoms with Crippen LogP contribution in [0.5, 0.6) is 0 Å². The van der Waals surface area contributed by atoms with Crippen LogP contribution in [0.25, 0.3) is 33.7 Å². The van der Waals surface area contributed by atoms with Crippen LogP contribution in [0.1, 0.15) is 11.3 Å². The monoisotopic (exact) mass is 407 g/mol. The van der Waals surface area contributed by atoms with E-state index in [2.05, 4.69) is 45.6 Å². The zero-order valence-electron chi connectivity index (χ0n) is 17.1. The van der Waals surface area contributed by atoms with Crippen molar-refractivity contribution in [2.45, 2.75) is 13.3 Å². The van der Waals surface area contributed by atoms with Gasteiger partial charge in [0.05, 0.1) is 11.1 Å². The number of benzene rings is 2. The highest BCUT2D eigenvalue weighted by molar-refractivity contribution is 5.89. The molecule has 0 saturated carbocycles. The number of hydrogen-bond acceptors (Lipinski definition) is 6. The molecule has 0 atom stereocenters. The molecule has 5 aromatic rings. The molecule has 0 aliphatic carbocycles. The first-order valence-electron chi connectivity index (χ1n) is 10.2. The average molecular weight is 407 g/mol. The molecule has 152 valence electrons. The van der Waals surface area contributed by atoms with Crippen molar-refractivity contribution in [3.63, 3.8) is 0 Å². The van der Waals surface area contributed by atoms with Crippen LogP contribution in [-0.4, -0.2) is 26.7 Å². The van der Waals surface area contributed by atoms with Gasteiger partial charge >= 0.3 is 0 Å². The molecular formula is C25H21N5O. The van der Waals surface area contributed by atoms with Gasteiger partial charge in [-0.3, -0.25) is 4.98 Å². The Bertz CT molecular complexity index is 1320. The molecule has 0 aliphatic rings. The first-order chi connectivity index (χ1) is 15.3. The molecule has 0 spiro atoms. The van der Waals surface area contributed by atoms with Crippen molar-refractivity contribution in [3.8, 4) is 22.8 Å². The molecule has 3 heterocycles. The summed E-state index contributed by atoms with van der Waals surface area (Å²) in [4.78, 5) is 13.9. The molecule has 0 radical (unpaired) electrons. The standard InChI is InChI=1S/C25H21N5O/c1-17-8-7-11-19-16-21(24-29-25(31-30-24)18-9-3-2-4-10-18)23(28-22(17)19)27-15-13-20-12-5-6-14-26-20/h2-12,14,16H,13,15H2,1H3,(H,27,28). The second-order valence-corrected chi connectivity index (χ2v) is 7.32. The molecular weight excluding hydrogens is 386 g/mol. The number of aromatic nitrogens is 4. The molecule has 0 amide bonds. The summed E-state index contributed by atoms with van der Waals surface area (Å²) in [6.45, 7) is 2.76. The number of rotatable bonds is 6. The molecule has 0 unspecified atom stereocenters. The van der Waals surface area contributed by atoms with Gasteiger partial charge in [0.25, 0.3) is 5.89 Å². The smallest absolute Gasteiger partial charge is 0.258 e. The second kappa shape index (κ2) is 8.36. The van der Waals surface area contributed by atoms with Gasteiger partial charge in [-0.15, -0.1) is 0 Å². The van der Waals surface area contributed by atoms with E-state index in [9.17, 15) is 0 Å². The lowest BCUT2D eigenvalue weighted by Crippen LogP contribution is -2.09.